The monoisotopic (exact) mass is 339 g/mol. The lowest BCUT2D eigenvalue weighted by Crippen LogP contribution is -2.30. The van der Waals surface area contributed by atoms with Crippen molar-refractivity contribution in [3.8, 4) is 6.01 Å². The van der Waals surface area contributed by atoms with Crippen molar-refractivity contribution in [2.45, 2.75) is 30.6 Å². The fraction of sp³-hybridized carbons (Fsp3) is 0.429. The van der Waals surface area contributed by atoms with Gasteiger partial charge in [-0.3, -0.25) is 0 Å². The van der Waals surface area contributed by atoms with Crippen molar-refractivity contribution >= 4 is 21.4 Å². The van der Waals surface area contributed by atoms with E-state index >= 15 is 0 Å². The maximum Gasteiger partial charge on any atom is 0.317 e. The second-order valence-electron chi connectivity index (χ2n) is 5.26. The minimum absolute atomic E-state index is 0.212. The molecule has 0 spiro atoms. The van der Waals surface area contributed by atoms with E-state index in [0.29, 0.717) is 29.7 Å². The van der Waals surface area contributed by atoms with E-state index in [1.165, 1.54) is 15.6 Å². The van der Waals surface area contributed by atoms with E-state index in [4.69, 9.17) is 4.74 Å². The van der Waals surface area contributed by atoms with Gasteiger partial charge in [-0.2, -0.15) is 4.31 Å². The number of sulfonamides is 1. The third kappa shape index (κ3) is 3.13. The molecule has 1 unspecified atom stereocenters. The maximum atomic E-state index is 12.5. The van der Waals surface area contributed by atoms with Crippen LogP contribution < -0.4 is 4.74 Å². The zero-order valence-corrected chi connectivity index (χ0v) is 14.0. The van der Waals surface area contributed by atoms with E-state index in [-0.39, 0.29) is 6.10 Å². The lowest BCUT2D eigenvalue weighted by atomic mass is 10.3. The average Bonchev–Trinajstić information content (AvgIpc) is 3.08. The highest BCUT2D eigenvalue weighted by Gasteiger charge is 2.34. The molecule has 8 heteroatoms. The van der Waals surface area contributed by atoms with Crippen LogP contribution in [-0.2, 0) is 10.0 Å². The molecular formula is C14H17N3O3S2. The molecule has 0 amide bonds. The minimum Gasteiger partial charge on any atom is -0.459 e. The van der Waals surface area contributed by atoms with Gasteiger partial charge in [0, 0.05) is 17.9 Å². The third-order valence-electron chi connectivity index (χ3n) is 3.43. The molecule has 0 aliphatic carbocycles. The highest BCUT2D eigenvalue weighted by atomic mass is 32.2. The van der Waals surface area contributed by atoms with Crippen molar-refractivity contribution in [1.29, 1.82) is 0 Å². The van der Waals surface area contributed by atoms with Gasteiger partial charge in [0.2, 0.25) is 0 Å². The Labute approximate surface area is 133 Å². The van der Waals surface area contributed by atoms with E-state index in [0.717, 1.165) is 11.4 Å². The predicted octanol–water partition coefficient (Wildman–Crippen LogP) is 2.00. The van der Waals surface area contributed by atoms with Crippen LogP contribution in [0.25, 0.3) is 0 Å². The molecule has 22 heavy (non-hydrogen) atoms. The maximum absolute atomic E-state index is 12.5. The van der Waals surface area contributed by atoms with Gasteiger partial charge in [0.25, 0.3) is 10.0 Å². The molecule has 0 bridgehead atoms. The zero-order chi connectivity index (χ0) is 15.7. The molecule has 3 rings (SSSR count). The number of rotatable bonds is 4. The highest BCUT2D eigenvalue weighted by molar-refractivity contribution is 7.91. The normalized spacial score (nSPS) is 19.5. The average molecular weight is 339 g/mol. The topological polar surface area (TPSA) is 72.4 Å². The first-order chi connectivity index (χ1) is 10.4. The highest BCUT2D eigenvalue weighted by Crippen LogP contribution is 2.25. The number of aromatic nitrogens is 2. The SMILES string of the molecule is Cc1cc(C)nc(OC2CCN(S(=O)(=O)c3cccs3)C2)n1. The second kappa shape index (κ2) is 5.94. The largest absolute Gasteiger partial charge is 0.459 e. The van der Waals surface area contributed by atoms with Crippen LogP contribution in [0.3, 0.4) is 0 Å². The van der Waals surface area contributed by atoms with Crippen LogP contribution in [0.5, 0.6) is 6.01 Å². The summed E-state index contributed by atoms with van der Waals surface area (Å²) in [5, 5.41) is 1.76. The van der Waals surface area contributed by atoms with Gasteiger partial charge >= 0.3 is 6.01 Å². The van der Waals surface area contributed by atoms with Crippen molar-refractivity contribution in [1.82, 2.24) is 14.3 Å². The van der Waals surface area contributed by atoms with Gasteiger partial charge in [0.15, 0.2) is 0 Å². The first-order valence-electron chi connectivity index (χ1n) is 6.98. The van der Waals surface area contributed by atoms with Gasteiger partial charge in [-0.25, -0.2) is 18.4 Å². The van der Waals surface area contributed by atoms with Gasteiger partial charge in [0.05, 0.1) is 6.54 Å². The summed E-state index contributed by atoms with van der Waals surface area (Å²) >= 11 is 1.23. The van der Waals surface area contributed by atoms with E-state index in [9.17, 15) is 8.42 Å². The molecule has 1 aliphatic heterocycles. The van der Waals surface area contributed by atoms with E-state index in [2.05, 4.69) is 9.97 Å². The molecule has 1 fully saturated rings. The van der Waals surface area contributed by atoms with Crippen LogP contribution in [0.4, 0.5) is 0 Å². The van der Waals surface area contributed by atoms with Crippen LogP contribution in [0, 0.1) is 13.8 Å². The number of aryl methyl sites for hydroxylation is 2. The molecule has 3 heterocycles. The molecule has 0 saturated carbocycles. The molecule has 0 N–H and O–H groups in total. The van der Waals surface area contributed by atoms with E-state index in [1.807, 2.05) is 19.9 Å². The Morgan fingerprint density at radius 1 is 1.32 bits per heavy atom. The standard InChI is InChI=1S/C14H17N3O3S2/c1-10-8-11(2)16-14(15-10)20-12-5-6-17(9-12)22(18,19)13-4-3-7-21-13/h3-4,7-8,12H,5-6,9H2,1-2H3. The Morgan fingerprint density at radius 3 is 2.68 bits per heavy atom. The summed E-state index contributed by atoms with van der Waals surface area (Å²) < 4.78 is 32.5. The molecule has 6 nitrogen and oxygen atoms in total. The predicted molar refractivity (Wildman–Crippen MR) is 83.6 cm³/mol. The number of nitrogens with zero attached hydrogens (tertiary/aromatic N) is 3. The Bertz CT molecular complexity index is 739. The van der Waals surface area contributed by atoms with Crippen molar-refractivity contribution in [3.05, 3.63) is 35.0 Å². The number of hydrogen-bond donors (Lipinski definition) is 0. The first kappa shape index (κ1) is 15.4. The molecule has 2 aromatic heterocycles. The lowest BCUT2D eigenvalue weighted by Gasteiger charge is -2.15. The van der Waals surface area contributed by atoms with Crippen LogP contribution in [-0.4, -0.2) is 41.9 Å². The fourth-order valence-electron chi connectivity index (χ4n) is 2.45. The molecule has 1 saturated heterocycles. The van der Waals surface area contributed by atoms with Gasteiger partial charge < -0.3 is 4.74 Å². The van der Waals surface area contributed by atoms with Gasteiger partial charge in [-0.1, -0.05) is 6.07 Å². The summed E-state index contributed by atoms with van der Waals surface area (Å²) in [5.41, 5.74) is 1.67. The van der Waals surface area contributed by atoms with E-state index in [1.54, 1.807) is 17.5 Å². The third-order valence-corrected chi connectivity index (χ3v) is 6.67. The lowest BCUT2D eigenvalue weighted by molar-refractivity contribution is 0.197. The second-order valence-corrected chi connectivity index (χ2v) is 8.37. The first-order valence-corrected chi connectivity index (χ1v) is 9.30. The number of ether oxygens (including phenoxy) is 1. The molecular weight excluding hydrogens is 322 g/mol. The van der Waals surface area contributed by atoms with Crippen molar-refractivity contribution in [2.75, 3.05) is 13.1 Å². The minimum atomic E-state index is -3.41. The molecule has 118 valence electrons. The summed E-state index contributed by atoms with van der Waals surface area (Å²) in [7, 11) is -3.41. The van der Waals surface area contributed by atoms with Crippen LogP contribution in [0.15, 0.2) is 27.8 Å². The van der Waals surface area contributed by atoms with Crippen LogP contribution in [0.2, 0.25) is 0 Å². The zero-order valence-electron chi connectivity index (χ0n) is 12.4. The number of hydrogen-bond acceptors (Lipinski definition) is 6. The fourth-order valence-corrected chi connectivity index (χ4v) is 5.08. The molecule has 0 radical (unpaired) electrons. The molecule has 2 aromatic rings. The van der Waals surface area contributed by atoms with Crippen molar-refractivity contribution in [3.63, 3.8) is 0 Å². The van der Waals surface area contributed by atoms with Gasteiger partial charge in [-0.15, -0.1) is 11.3 Å². The Morgan fingerprint density at radius 2 is 2.05 bits per heavy atom. The summed E-state index contributed by atoms with van der Waals surface area (Å²) in [5.74, 6) is 0. The van der Waals surface area contributed by atoms with Crippen LogP contribution >= 0.6 is 11.3 Å². The smallest absolute Gasteiger partial charge is 0.317 e. The Hall–Kier alpha value is -1.51. The van der Waals surface area contributed by atoms with Crippen molar-refractivity contribution in [2.24, 2.45) is 0 Å². The molecule has 1 aliphatic rings. The Balaban J connectivity index is 1.70. The Kier molecular flexibility index (Phi) is 4.16. The van der Waals surface area contributed by atoms with E-state index < -0.39 is 10.0 Å². The number of thiophene rings is 1. The summed E-state index contributed by atoms with van der Waals surface area (Å²) in [6.45, 7) is 4.54. The van der Waals surface area contributed by atoms with Gasteiger partial charge in [0.1, 0.15) is 10.3 Å². The van der Waals surface area contributed by atoms with Gasteiger partial charge in [-0.05, 0) is 37.8 Å². The van der Waals surface area contributed by atoms with Crippen molar-refractivity contribution < 1.29 is 13.2 Å². The summed E-state index contributed by atoms with van der Waals surface area (Å²) in [6.07, 6.45) is 0.428. The molecule has 0 aromatic carbocycles. The molecule has 1 atom stereocenters. The quantitative estimate of drug-likeness (QED) is 0.852. The summed E-state index contributed by atoms with van der Waals surface area (Å²) in [4.78, 5) is 8.47. The summed E-state index contributed by atoms with van der Waals surface area (Å²) in [6, 6.07) is 5.55. The van der Waals surface area contributed by atoms with Crippen LogP contribution in [0.1, 0.15) is 17.8 Å².